The summed E-state index contributed by atoms with van der Waals surface area (Å²) in [6.07, 6.45) is 5.53. The molecule has 2 aromatic rings. The van der Waals surface area contributed by atoms with E-state index >= 15 is 0 Å². The Balaban J connectivity index is 1.31. The van der Waals surface area contributed by atoms with Gasteiger partial charge >= 0.3 is 0 Å². The third-order valence-corrected chi connectivity index (χ3v) is 7.23. The Kier molecular flexibility index (Phi) is 6.91. The highest BCUT2D eigenvalue weighted by Gasteiger charge is 2.23. The van der Waals surface area contributed by atoms with Crippen LogP contribution in [0.3, 0.4) is 0 Å². The fourth-order valence-corrected chi connectivity index (χ4v) is 5.09. The van der Waals surface area contributed by atoms with Crippen molar-refractivity contribution in [2.75, 3.05) is 68.9 Å². The molecule has 5 rings (SSSR count). The number of nitrogens with two attached hydrogens (primary N) is 1. The molecule has 1 fully saturated rings. The number of allylic oxidation sites excluding steroid dienone is 2. The monoisotopic (exact) mass is 491 g/mol. The second-order valence-corrected chi connectivity index (χ2v) is 9.96. The molecule has 2 aliphatic heterocycles. The van der Waals surface area contributed by atoms with Gasteiger partial charge in [-0.05, 0) is 54.8 Å². The summed E-state index contributed by atoms with van der Waals surface area (Å²) in [5.41, 5.74) is 9.95. The molecule has 1 amide bonds. The zero-order chi connectivity index (χ0) is 25.2. The van der Waals surface area contributed by atoms with Gasteiger partial charge in [0.2, 0.25) is 5.95 Å². The number of piperazine rings is 1. The number of fused-ring (bicyclic) bond motifs is 1. The molecule has 1 aromatic heterocycles. The standard InChI is InChI=1S/C27H34FN7O/c1-32-10-12-34(13-11-32)24-16-25(31-27(29)30-24)35-9-8-20-6-7-21(15-22(20)18-35)26(36)33(2)17-19-4-3-5-23(28)14-19/h4,6-7,14-16H,3,5,8-13,17-18H2,1-2H3,(H2,29,30,31). The van der Waals surface area contributed by atoms with E-state index in [1.165, 1.54) is 5.56 Å². The van der Waals surface area contributed by atoms with Crippen molar-refractivity contribution in [1.29, 1.82) is 0 Å². The predicted molar refractivity (Wildman–Crippen MR) is 141 cm³/mol. The molecule has 2 N–H and O–H groups in total. The number of rotatable bonds is 5. The molecular formula is C27H34FN7O. The molecule has 0 saturated carbocycles. The number of carbonyl (C=O) groups is 1. The van der Waals surface area contributed by atoms with Crippen LogP contribution in [0.2, 0.25) is 0 Å². The zero-order valence-electron chi connectivity index (χ0n) is 21.1. The first kappa shape index (κ1) is 24.2. The minimum absolute atomic E-state index is 0.0705. The van der Waals surface area contributed by atoms with Crippen LogP contribution in [0.1, 0.15) is 34.3 Å². The van der Waals surface area contributed by atoms with Gasteiger partial charge in [0.25, 0.3) is 5.91 Å². The normalized spacial score (nSPS) is 18.4. The van der Waals surface area contributed by atoms with Crippen molar-refractivity contribution in [3.63, 3.8) is 0 Å². The van der Waals surface area contributed by atoms with Crippen molar-refractivity contribution in [2.45, 2.75) is 25.8 Å². The number of nitrogen functional groups attached to an aromatic ring is 1. The second kappa shape index (κ2) is 10.3. The highest BCUT2D eigenvalue weighted by atomic mass is 19.1. The van der Waals surface area contributed by atoms with Crippen molar-refractivity contribution in [3.05, 3.63) is 64.5 Å². The Morgan fingerprint density at radius 3 is 2.53 bits per heavy atom. The van der Waals surface area contributed by atoms with Crippen LogP contribution in [-0.2, 0) is 13.0 Å². The van der Waals surface area contributed by atoms with E-state index < -0.39 is 0 Å². The molecule has 1 aromatic carbocycles. The molecule has 0 spiro atoms. The fourth-order valence-electron chi connectivity index (χ4n) is 5.09. The van der Waals surface area contributed by atoms with Crippen LogP contribution in [0, 0.1) is 0 Å². The summed E-state index contributed by atoms with van der Waals surface area (Å²) in [7, 11) is 3.89. The molecule has 8 nitrogen and oxygen atoms in total. The molecule has 3 aliphatic rings. The topological polar surface area (TPSA) is 81.8 Å². The van der Waals surface area contributed by atoms with Gasteiger partial charge in [-0.3, -0.25) is 4.79 Å². The largest absolute Gasteiger partial charge is 0.368 e. The first-order valence-electron chi connectivity index (χ1n) is 12.6. The van der Waals surface area contributed by atoms with Crippen LogP contribution in [0.4, 0.5) is 22.0 Å². The number of anilines is 3. The van der Waals surface area contributed by atoms with Gasteiger partial charge < -0.3 is 25.3 Å². The fraction of sp³-hybridized carbons (Fsp3) is 0.444. The zero-order valence-corrected chi connectivity index (χ0v) is 21.1. The average molecular weight is 492 g/mol. The van der Waals surface area contributed by atoms with Gasteiger partial charge in [-0.15, -0.1) is 0 Å². The Labute approximate surface area is 211 Å². The van der Waals surface area contributed by atoms with Gasteiger partial charge in [-0.25, -0.2) is 4.39 Å². The predicted octanol–water partition coefficient (Wildman–Crippen LogP) is 3.02. The van der Waals surface area contributed by atoms with Crippen LogP contribution in [0.25, 0.3) is 0 Å². The number of amides is 1. The number of benzene rings is 1. The molecule has 0 radical (unpaired) electrons. The van der Waals surface area contributed by atoms with E-state index in [1.54, 1.807) is 18.0 Å². The maximum atomic E-state index is 13.6. The highest BCUT2D eigenvalue weighted by molar-refractivity contribution is 5.94. The van der Waals surface area contributed by atoms with Crippen molar-refractivity contribution >= 4 is 23.5 Å². The summed E-state index contributed by atoms with van der Waals surface area (Å²) in [6.45, 7) is 5.67. The number of likely N-dealkylation sites (N-methyl/N-ethyl adjacent to an activating group) is 2. The molecule has 3 heterocycles. The molecule has 36 heavy (non-hydrogen) atoms. The second-order valence-electron chi connectivity index (χ2n) is 9.96. The first-order chi connectivity index (χ1) is 17.4. The molecule has 0 atom stereocenters. The van der Waals surface area contributed by atoms with Crippen LogP contribution in [-0.4, -0.2) is 79.0 Å². The molecule has 1 aliphatic carbocycles. The summed E-state index contributed by atoms with van der Waals surface area (Å²) < 4.78 is 13.6. The van der Waals surface area contributed by atoms with E-state index in [0.717, 1.165) is 61.9 Å². The van der Waals surface area contributed by atoms with E-state index in [4.69, 9.17) is 5.73 Å². The number of nitrogens with zero attached hydrogens (tertiary/aromatic N) is 6. The molecule has 190 valence electrons. The molecule has 0 bridgehead atoms. The van der Waals surface area contributed by atoms with Gasteiger partial charge in [0, 0.05) is 70.9 Å². The van der Waals surface area contributed by atoms with E-state index in [-0.39, 0.29) is 17.7 Å². The smallest absolute Gasteiger partial charge is 0.253 e. The lowest BCUT2D eigenvalue weighted by molar-refractivity contribution is 0.0807. The van der Waals surface area contributed by atoms with Crippen LogP contribution in [0.5, 0.6) is 0 Å². The molecule has 1 saturated heterocycles. The Bertz CT molecular complexity index is 1200. The lowest BCUT2D eigenvalue weighted by Crippen LogP contribution is -2.45. The van der Waals surface area contributed by atoms with Crippen molar-refractivity contribution < 1.29 is 9.18 Å². The van der Waals surface area contributed by atoms with E-state index in [0.29, 0.717) is 31.5 Å². The van der Waals surface area contributed by atoms with E-state index in [1.807, 2.05) is 24.3 Å². The lowest BCUT2D eigenvalue weighted by atomic mass is 9.96. The molecule has 0 unspecified atom stereocenters. The third-order valence-electron chi connectivity index (χ3n) is 7.23. The summed E-state index contributed by atoms with van der Waals surface area (Å²) in [4.78, 5) is 30.6. The average Bonchev–Trinajstić information content (AvgIpc) is 2.87. The summed E-state index contributed by atoms with van der Waals surface area (Å²) >= 11 is 0. The maximum Gasteiger partial charge on any atom is 0.253 e. The Morgan fingerprint density at radius 1 is 1.03 bits per heavy atom. The van der Waals surface area contributed by atoms with Crippen molar-refractivity contribution in [3.8, 4) is 0 Å². The quantitative estimate of drug-likeness (QED) is 0.689. The molecular weight excluding hydrogens is 457 g/mol. The van der Waals surface area contributed by atoms with Gasteiger partial charge in [0.05, 0.1) is 0 Å². The summed E-state index contributed by atoms with van der Waals surface area (Å²) in [5.74, 6) is 1.76. The number of halogens is 1. The van der Waals surface area contributed by atoms with E-state index in [9.17, 15) is 9.18 Å². The lowest BCUT2D eigenvalue weighted by Gasteiger charge is -2.34. The Hall–Kier alpha value is -3.46. The number of hydrogen-bond acceptors (Lipinski definition) is 7. The van der Waals surface area contributed by atoms with Crippen LogP contribution >= 0.6 is 0 Å². The Morgan fingerprint density at radius 2 is 1.78 bits per heavy atom. The van der Waals surface area contributed by atoms with Crippen LogP contribution in [0.15, 0.2) is 47.8 Å². The van der Waals surface area contributed by atoms with Gasteiger partial charge in [-0.2, -0.15) is 9.97 Å². The SMILES string of the molecule is CN1CCN(c2cc(N3CCc4ccc(C(=O)N(C)CC5=CCCC(F)=C5)cc4C3)nc(N)n2)CC1. The van der Waals surface area contributed by atoms with Gasteiger partial charge in [0.1, 0.15) is 17.5 Å². The van der Waals surface area contributed by atoms with Gasteiger partial charge in [0.15, 0.2) is 0 Å². The molecule has 9 heteroatoms. The minimum Gasteiger partial charge on any atom is -0.368 e. The third kappa shape index (κ3) is 5.36. The number of hydrogen-bond donors (Lipinski definition) is 1. The van der Waals surface area contributed by atoms with E-state index in [2.05, 4.69) is 37.8 Å². The summed E-state index contributed by atoms with van der Waals surface area (Å²) in [5, 5.41) is 0. The van der Waals surface area contributed by atoms with Gasteiger partial charge in [-0.1, -0.05) is 12.1 Å². The summed E-state index contributed by atoms with van der Waals surface area (Å²) in [6, 6.07) is 7.96. The van der Waals surface area contributed by atoms with Crippen molar-refractivity contribution in [2.24, 2.45) is 0 Å². The number of carbonyl (C=O) groups excluding carboxylic acids is 1. The minimum atomic E-state index is -0.122. The number of aromatic nitrogens is 2. The first-order valence-corrected chi connectivity index (χ1v) is 12.6. The van der Waals surface area contributed by atoms with Crippen molar-refractivity contribution in [1.82, 2.24) is 19.8 Å². The highest BCUT2D eigenvalue weighted by Crippen LogP contribution is 2.28. The van der Waals surface area contributed by atoms with Crippen LogP contribution < -0.4 is 15.5 Å². The maximum absolute atomic E-state index is 13.6.